The topological polar surface area (TPSA) is 55.4 Å². The highest BCUT2D eigenvalue weighted by Crippen LogP contribution is 2.29. The minimum Gasteiger partial charge on any atom is -0.494 e. The van der Waals surface area contributed by atoms with Crippen LogP contribution in [0.5, 0.6) is 5.75 Å². The molecule has 3 rings (SSSR count). The number of hydrogen-bond acceptors (Lipinski definition) is 4. The van der Waals surface area contributed by atoms with Crippen molar-refractivity contribution in [2.24, 2.45) is 0 Å². The number of carbonyl (C=O) groups excluding carboxylic acids is 2. The van der Waals surface area contributed by atoms with E-state index >= 15 is 0 Å². The molecular formula is C21H23NO3. The van der Waals surface area contributed by atoms with Gasteiger partial charge in [-0.3, -0.25) is 9.59 Å². The Kier molecular flexibility index (Phi) is 5.61. The van der Waals surface area contributed by atoms with Gasteiger partial charge in [-0.1, -0.05) is 37.6 Å². The van der Waals surface area contributed by atoms with Gasteiger partial charge in [0.25, 0.3) is 0 Å². The summed E-state index contributed by atoms with van der Waals surface area (Å²) in [5, 5.41) is 3.37. The summed E-state index contributed by atoms with van der Waals surface area (Å²) in [6.45, 7) is 4.70. The Morgan fingerprint density at radius 3 is 2.20 bits per heavy atom. The van der Waals surface area contributed by atoms with Crippen LogP contribution in [0.1, 0.15) is 58.0 Å². The fourth-order valence-corrected chi connectivity index (χ4v) is 2.98. The maximum Gasteiger partial charge on any atom is 0.194 e. The van der Waals surface area contributed by atoms with Gasteiger partial charge < -0.3 is 10.1 Å². The van der Waals surface area contributed by atoms with Crippen LogP contribution in [0.2, 0.25) is 0 Å². The lowest BCUT2D eigenvalue weighted by molar-refractivity contribution is 0.0978. The standard InChI is InChI=1S/C21H23NO3/c1-2-3-11-22-12-6-13-25-15-9-10-18-19(14-15)21(24)17-8-5-4-7-16(17)20(18)23/h4-5,7-10,14,22H,2-3,6,11-13H2,1H3. The number of unbranched alkanes of at least 4 members (excludes halogenated alkanes) is 1. The van der Waals surface area contributed by atoms with E-state index in [0.29, 0.717) is 34.6 Å². The number of rotatable bonds is 8. The second-order valence-corrected chi connectivity index (χ2v) is 6.22. The first-order chi connectivity index (χ1) is 12.2. The van der Waals surface area contributed by atoms with Crippen molar-refractivity contribution in [3.8, 4) is 5.75 Å². The van der Waals surface area contributed by atoms with E-state index in [9.17, 15) is 9.59 Å². The maximum absolute atomic E-state index is 12.7. The first-order valence-electron chi connectivity index (χ1n) is 8.88. The predicted molar refractivity (Wildman–Crippen MR) is 97.6 cm³/mol. The molecule has 0 saturated carbocycles. The molecule has 0 aliphatic heterocycles. The molecule has 1 aliphatic rings. The SMILES string of the molecule is CCCCNCCCOc1ccc2c(c1)C(=O)c1ccccc1C2=O. The average Bonchev–Trinajstić information content (AvgIpc) is 2.65. The molecule has 0 saturated heterocycles. The van der Waals surface area contributed by atoms with Gasteiger partial charge in [-0.05, 0) is 44.1 Å². The molecule has 1 N–H and O–H groups in total. The third-order valence-electron chi connectivity index (χ3n) is 4.37. The Balaban J connectivity index is 1.64. The van der Waals surface area contributed by atoms with Gasteiger partial charge in [0.2, 0.25) is 0 Å². The lowest BCUT2D eigenvalue weighted by Gasteiger charge is -2.18. The van der Waals surface area contributed by atoms with Crippen LogP contribution in [0.15, 0.2) is 42.5 Å². The number of hydrogen-bond donors (Lipinski definition) is 1. The summed E-state index contributed by atoms with van der Waals surface area (Å²) in [6, 6.07) is 12.1. The molecule has 2 aromatic carbocycles. The van der Waals surface area contributed by atoms with E-state index in [-0.39, 0.29) is 11.6 Å². The summed E-state index contributed by atoms with van der Waals surface area (Å²) in [4.78, 5) is 25.2. The van der Waals surface area contributed by atoms with Gasteiger partial charge in [0.15, 0.2) is 11.6 Å². The van der Waals surface area contributed by atoms with E-state index in [1.54, 1.807) is 42.5 Å². The van der Waals surface area contributed by atoms with Crippen LogP contribution in [0.25, 0.3) is 0 Å². The summed E-state index contributed by atoms with van der Waals surface area (Å²) < 4.78 is 5.75. The van der Waals surface area contributed by atoms with Gasteiger partial charge in [0.1, 0.15) is 5.75 Å². The van der Waals surface area contributed by atoms with Crippen LogP contribution in [0.3, 0.4) is 0 Å². The average molecular weight is 337 g/mol. The third kappa shape index (κ3) is 3.80. The van der Waals surface area contributed by atoms with Crippen molar-refractivity contribution in [3.05, 3.63) is 64.7 Å². The lowest BCUT2D eigenvalue weighted by Crippen LogP contribution is -2.21. The number of carbonyl (C=O) groups is 2. The fraction of sp³-hybridized carbons (Fsp3) is 0.333. The van der Waals surface area contributed by atoms with Crippen LogP contribution in [0.4, 0.5) is 0 Å². The molecule has 0 amide bonds. The molecule has 1 aliphatic carbocycles. The van der Waals surface area contributed by atoms with Crippen LogP contribution in [-0.2, 0) is 0 Å². The Morgan fingerprint density at radius 2 is 1.48 bits per heavy atom. The van der Waals surface area contributed by atoms with Crippen molar-refractivity contribution in [3.63, 3.8) is 0 Å². The van der Waals surface area contributed by atoms with E-state index in [1.807, 2.05) is 0 Å². The molecule has 130 valence electrons. The van der Waals surface area contributed by atoms with E-state index < -0.39 is 0 Å². The number of ketones is 2. The molecule has 2 aromatic rings. The highest BCUT2D eigenvalue weighted by molar-refractivity contribution is 6.28. The predicted octanol–water partition coefficient (Wildman–Crippen LogP) is 3.62. The maximum atomic E-state index is 12.7. The largest absolute Gasteiger partial charge is 0.494 e. The first kappa shape index (κ1) is 17.4. The van der Waals surface area contributed by atoms with Crippen LogP contribution in [-0.4, -0.2) is 31.3 Å². The molecule has 0 aromatic heterocycles. The molecule has 0 bridgehead atoms. The van der Waals surface area contributed by atoms with E-state index in [4.69, 9.17) is 4.74 Å². The van der Waals surface area contributed by atoms with Crippen molar-refractivity contribution in [1.29, 1.82) is 0 Å². The summed E-state index contributed by atoms with van der Waals surface area (Å²) in [6.07, 6.45) is 3.27. The normalized spacial score (nSPS) is 12.7. The van der Waals surface area contributed by atoms with E-state index in [2.05, 4.69) is 12.2 Å². The summed E-state index contributed by atoms with van der Waals surface area (Å²) in [7, 11) is 0. The molecule has 0 fully saturated rings. The molecule has 0 heterocycles. The molecule has 0 atom stereocenters. The van der Waals surface area contributed by atoms with E-state index in [0.717, 1.165) is 19.5 Å². The van der Waals surface area contributed by atoms with Gasteiger partial charge in [-0.2, -0.15) is 0 Å². The number of nitrogens with one attached hydrogen (secondary N) is 1. The zero-order valence-electron chi connectivity index (χ0n) is 14.5. The molecule has 25 heavy (non-hydrogen) atoms. The van der Waals surface area contributed by atoms with Crippen molar-refractivity contribution in [1.82, 2.24) is 5.32 Å². The highest BCUT2D eigenvalue weighted by Gasteiger charge is 2.29. The Morgan fingerprint density at radius 1 is 0.840 bits per heavy atom. The van der Waals surface area contributed by atoms with Crippen LogP contribution < -0.4 is 10.1 Å². The molecule has 4 heteroatoms. The zero-order chi connectivity index (χ0) is 17.6. The second kappa shape index (κ2) is 8.08. The zero-order valence-corrected chi connectivity index (χ0v) is 14.5. The lowest BCUT2D eigenvalue weighted by atomic mass is 9.84. The van der Waals surface area contributed by atoms with Crippen molar-refractivity contribution in [2.45, 2.75) is 26.2 Å². The Bertz CT molecular complexity index is 782. The van der Waals surface area contributed by atoms with Crippen LogP contribution >= 0.6 is 0 Å². The highest BCUT2D eigenvalue weighted by atomic mass is 16.5. The van der Waals surface area contributed by atoms with Gasteiger partial charge in [-0.25, -0.2) is 0 Å². The second-order valence-electron chi connectivity index (χ2n) is 6.22. The Hall–Kier alpha value is -2.46. The number of fused-ring (bicyclic) bond motifs is 2. The van der Waals surface area contributed by atoms with Gasteiger partial charge in [0.05, 0.1) is 6.61 Å². The monoisotopic (exact) mass is 337 g/mol. The quantitative estimate of drug-likeness (QED) is 0.638. The van der Waals surface area contributed by atoms with Crippen molar-refractivity contribution < 1.29 is 14.3 Å². The number of benzene rings is 2. The first-order valence-corrected chi connectivity index (χ1v) is 8.88. The molecule has 0 radical (unpaired) electrons. The van der Waals surface area contributed by atoms with Gasteiger partial charge >= 0.3 is 0 Å². The molecule has 0 unspecified atom stereocenters. The summed E-state index contributed by atoms with van der Waals surface area (Å²) >= 11 is 0. The van der Waals surface area contributed by atoms with Crippen LogP contribution in [0, 0.1) is 0 Å². The number of ether oxygens (including phenoxy) is 1. The van der Waals surface area contributed by atoms with E-state index in [1.165, 1.54) is 12.8 Å². The molecular weight excluding hydrogens is 314 g/mol. The molecule has 4 nitrogen and oxygen atoms in total. The molecule has 0 spiro atoms. The van der Waals surface area contributed by atoms with Gasteiger partial charge in [-0.15, -0.1) is 0 Å². The third-order valence-corrected chi connectivity index (χ3v) is 4.37. The van der Waals surface area contributed by atoms with Gasteiger partial charge in [0, 0.05) is 22.3 Å². The van der Waals surface area contributed by atoms with Crippen molar-refractivity contribution in [2.75, 3.05) is 19.7 Å². The minimum absolute atomic E-state index is 0.100. The van der Waals surface area contributed by atoms with Crippen molar-refractivity contribution >= 4 is 11.6 Å². The summed E-state index contributed by atoms with van der Waals surface area (Å²) in [5.74, 6) is 0.418. The fourth-order valence-electron chi connectivity index (χ4n) is 2.98. The summed E-state index contributed by atoms with van der Waals surface area (Å²) in [5.41, 5.74) is 1.84. The smallest absolute Gasteiger partial charge is 0.194 e. The minimum atomic E-state index is -0.114. The Labute approximate surface area is 148 Å².